The Morgan fingerprint density at radius 2 is 2.03 bits per heavy atom. The highest BCUT2D eigenvalue weighted by atomic mass is 16.7. The minimum atomic E-state index is -0.579. The fourth-order valence-electron chi connectivity index (χ4n) is 4.76. The van der Waals surface area contributed by atoms with Crippen molar-refractivity contribution >= 4 is 5.78 Å². The number of ether oxygens (including phenoxy) is 6. The van der Waals surface area contributed by atoms with Gasteiger partial charge >= 0.3 is 0 Å². The molecule has 0 spiro atoms. The third-order valence-corrected chi connectivity index (χ3v) is 6.30. The van der Waals surface area contributed by atoms with Crippen molar-refractivity contribution in [1.82, 2.24) is 0 Å². The number of rotatable bonds is 6. The van der Waals surface area contributed by atoms with Gasteiger partial charge in [0.2, 0.25) is 24.1 Å². The second kappa shape index (κ2) is 7.30. The first kappa shape index (κ1) is 19.6. The molecule has 156 valence electrons. The van der Waals surface area contributed by atoms with E-state index in [0.717, 1.165) is 5.56 Å². The van der Waals surface area contributed by atoms with E-state index in [4.69, 9.17) is 28.4 Å². The maximum absolute atomic E-state index is 12.8. The van der Waals surface area contributed by atoms with E-state index < -0.39 is 11.5 Å². The molecule has 7 nitrogen and oxygen atoms in total. The van der Waals surface area contributed by atoms with Crippen LogP contribution in [-0.2, 0) is 19.0 Å². The molecule has 2 aliphatic heterocycles. The van der Waals surface area contributed by atoms with Crippen LogP contribution in [0.3, 0.4) is 0 Å². The Morgan fingerprint density at radius 1 is 1.24 bits per heavy atom. The molecule has 0 N–H and O–H groups in total. The zero-order valence-electron chi connectivity index (χ0n) is 17.2. The van der Waals surface area contributed by atoms with Gasteiger partial charge < -0.3 is 28.4 Å². The summed E-state index contributed by atoms with van der Waals surface area (Å²) in [6.45, 7) is 6.21. The highest BCUT2D eigenvalue weighted by molar-refractivity contribution is 5.99. The van der Waals surface area contributed by atoms with Gasteiger partial charge in [-0.15, -0.1) is 6.58 Å². The van der Waals surface area contributed by atoms with Gasteiger partial charge in [0.15, 0.2) is 11.5 Å². The topological polar surface area (TPSA) is 72.5 Å². The third-order valence-electron chi connectivity index (χ3n) is 6.30. The first-order valence-electron chi connectivity index (χ1n) is 9.61. The Bertz CT molecular complexity index is 874. The molecule has 2 heterocycles. The number of ketones is 1. The van der Waals surface area contributed by atoms with Crippen molar-refractivity contribution in [1.29, 1.82) is 0 Å². The van der Waals surface area contributed by atoms with Crippen LogP contribution in [-0.4, -0.2) is 40.0 Å². The zero-order valence-corrected chi connectivity index (χ0v) is 17.2. The number of carbonyl (C=O) groups is 1. The largest absolute Gasteiger partial charge is 0.493 e. The number of fused-ring (bicyclic) bond motifs is 2. The molecule has 0 radical (unpaired) electrons. The maximum Gasteiger partial charge on any atom is 0.231 e. The van der Waals surface area contributed by atoms with Crippen LogP contribution >= 0.6 is 0 Å². The third kappa shape index (κ3) is 2.79. The fourth-order valence-corrected chi connectivity index (χ4v) is 4.76. The highest BCUT2D eigenvalue weighted by Crippen LogP contribution is 2.61. The lowest BCUT2D eigenvalue weighted by Gasteiger charge is -2.38. The summed E-state index contributed by atoms with van der Waals surface area (Å²) in [4.78, 5) is 12.8. The molecule has 0 bridgehead atoms. The van der Waals surface area contributed by atoms with Gasteiger partial charge in [-0.3, -0.25) is 4.79 Å². The van der Waals surface area contributed by atoms with Crippen molar-refractivity contribution in [3.05, 3.63) is 41.9 Å². The van der Waals surface area contributed by atoms with Crippen LogP contribution in [0.4, 0.5) is 0 Å². The van der Waals surface area contributed by atoms with Crippen molar-refractivity contribution in [3.63, 3.8) is 0 Å². The summed E-state index contributed by atoms with van der Waals surface area (Å²) in [7, 11) is 4.62. The first-order chi connectivity index (χ1) is 14.0. The zero-order chi connectivity index (χ0) is 20.8. The summed E-state index contributed by atoms with van der Waals surface area (Å²) in [6.07, 6.45) is 2.11. The van der Waals surface area contributed by atoms with E-state index >= 15 is 0 Å². The number of hydrogen-bond acceptors (Lipinski definition) is 7. The van der Waals surface area contributed by atoms with Crippen LogP contribution < -0.4 is 14.2 Å². The summed E-state index contributed by atoms with van der Waals surface area (Å²) in [5.41, 5.74) is 0.441. The molecule has 3 aliphatic rings. The lowest BCUT2D eigenvalue weighted by atomic mass is 9.65. The van der Waals surface area contributed by atoms with Crippen LogP contribution in [0.5, 0.6) is 17.2 Å². The summed E-state index contributed by atoms with van der Waals surface area (Å²) in [6, 6.07) is 3.81. The molecular formula is C22H26O7. The Hall–Kier alpha value is -2.67. The summed E-state index contributed by atoms with van der Waals surface area (Å²) >= 11 is 0. The van der Waals surface area contributed by atoms with Crippen molar-refractivity contribution in [2.75, 3.05) is 28.1 Å². The Morgan fingerprint density at radius 3 is 2.69 bits per heavy atom. The molecule has 1 aromatic rings. The van der Waals surface area contributed by atoms with E-state index in [0.29, 0.717) is 35.8 Å². The minimum absolute atomic E-state index is 0.0245. The van der Waals surface area contributed by atoms with Crippen LogP contribution in [0.1, 0.15) is 31.4 Å². The second-order valence-electron chi connectivity index (χ2n) is 7.59. The van der Waals surface area contributed by atoms with Gasteiger partial charge in [0, 0.05) is 24.0 Å². The number of benzene rings is 1. The molecule has 4 atom stereocenters. The van der Waals surface area contributed by atoms with Crippen molar-refractivity contribution in [2.45, 2.75) is 32.0 Å². The number of allylic oxidation sites excluding steroid dienone is 2. The van der Waals surface area contributed by atoms with Crippen molar-refractivity contribution in [3.8, 4) is 17.2 Å². The first-order valence-corrected chi connectivity index (χ1v) is 9.61. The summed E-state index contributed by atoms with van der Waals surface area (Å²) in [5, 5.41) is 0. The van der Waals surface area contributed by atoms with E-state index in [1.807, 2.05) is 18.2 Å². The second-order valence-corrected chi connectivity index (χ2v) is 7.59. The number of Topliss-reactive ketones (excluding diaryl/α,β-unsaturated/α-hetero) is 1. The Kier molecular flexibility index (Phi) is 4.94. The number of carbonyl (C=O) groups excluding carboxylic acids is 1. The molecule has 0 amide bonds. The Labute approximate surface area is 170 Å². The highest BCUT2D eigenvalue weighted by Gasteiger charge is 2.58. The molecule has 0 aromatic heterocycles. The summed E-state index contributed by atoms with van der Waals surface area (Å²) in [5.74, 6) is 2.43. The smallest absolute Gasteiger partial charge is 0.231 e. The standard InChI is InChI=1S/C22H26O7/c1-6-7-22-10-16(25-4)17(23)20(26-5)21(22)29-18(12(22)2)13-8-14(24-3)19-15(9-13)27-11-28-19/h6,8-9,12,16,18H,1,7,10-11H2,2-5H3/t12-,16+,18+,22+/m1/s1. The average molecular weight is 402 g/mol. The van der Waals surface area contributed by atoms with Gasteiger partial charge in [-0.1, -0.05) is 13.0 Å². The maximum atomic E-state index is 12.8. The average Bonchev–Trinajstić information content (AvgIpc) is 3.31. The molecular weight excluding hydrogens is 376 g/mol. The lowest BCUT2D eigenvalue weighted by molar-refractivity contribution is -0.132. The van der Waals surface area contributed by atoms with Gasteiger partial charge in [-0.25, -0.2) is 0 Å². The van der Waals surface area contributed by atoms with Gasteiger partial charge in [0.05, 0.1) is 14.2 Å². The molecule has 1 aromatic carbocycles. The van der Waals surface area contributed by atoms with E-state index in [9.17, 15) is 4.79 Å². The van der Waals surface area contributed by atoms with E-state index in [2.05, 4.69) is 13.5 Å². The van der Waals surface area contributed by atoms with Gasteiger partial charge in [0.1, 0.15) is 18.0 Å². The molecule has 1 aliphatic carbocycles. The molecule has 1 fully saturated rings. The normalized spacial score (nSPS) is 30.1. The van der Waals surface area contributed by atoms with Crippen LogP contribution in [0.15, 0.2) is 36.3 Å². The van der Waals surface area contributed by atoms with Crippen molar-refractivity contribution in [2.24, 2.45) is 11.3 Å². The van der Waals surface area contributed by atoms with Crippen LogP contribution in [0, 0.1) is 11.3 Å². The molecule has 0 saturated carbocycles. The van der Waals surface area contributed by atoms with Crippen LogP contribution in [0.25, 0.3) is 0 Å². The molecule has 1 saturated heterocycles. The summed E-state index contributed by atoms with van der Waals surface area (Å²) < 4.78 is 34.0. The van der Waals surface area contributed by atoms with E-state index in [-0.39, 0.29) is 30.4 Å². The van der Waals surface area contributed by atoms with E-state index in [1.54, 1.807) is 14.2 Å². The van der Waals surface area contributed by atoms with Gasteiger partial charge in [-0.2, -0.15) is 0 Å². The van der Waals surface area contributed by atoms with E-state index in [1.165, 1.54) is 7.11 Å². The molecule has 0 unspecified atom stereocenters. The van der Waals surface area contributed by atoms with Crippen molar-refractivity contribution < 1.29 is 33.2 Å². The predicted molar refractivity (Wildman–Crippen MR) is 104 cm³/mol. The SMILES string of the molecule is C=CC[C@@]12C[C@H](OC)C(=O)C(OC)=C1O[C@H](c1cc(OC)c3c(c1)OCO3)[C@H]2C. The molecule has 4 rings (SSSR count). The number of methoxy groups -OCH3 is 3. The Balaban J connectivity index is 1.83. The fraction of sp³-hybridized carbons (Fsp3) is 0.500. The van der Waals surface area contributed by atoms with Crippen LogP contribution in [0.2, 0.25) is 0 Å². The van der Waals surface area contributed by atoms with Gasteiger partial charge in [-0.05, 0) is 25.0 Å². The predicted octanol–water partition coefficient (Wildman–Crippen LogP) is 3.54. The quantitative estimate of drug-likeness (QED) is 0.674. The minimum Gasteiger partial charge on any atom is -0.493 e. The lowest BCUT2D eigenvalue weighted by Crippen LogP contribution is -2.42. The monoisotopic (exact) mass is 402 g/mol. The molecule has 29 heavy (non-hydrogen) atoms. The number of hydrogen-bond donors (Lipinski definition) is 0. The van der Waals surface area contributed by atoms with Gasteiger partial charge in [0.25, 0.3) is 0 Å². The molecule has 7 heteroatoms.